The molecule has 1 aliphatic heterocycles. The summed E-state index contributed by atoms with van der Waals surface area (Å²) in [7, 11) is 0. The maximum atomic E-state index is 12.1. The van der Waals surface area contributed by atoms with Gasteiger partial charge >= 0.3 is 5.63 Å². The molecule has 2 aliphatic rings. The zero-order valence-electron chi connectivity index (χ0n) is 14.5. The Bertz CT molecular complexity index is 829. The summed E-state index contributed by atoms with van der Waals surface area (Å²) in [5.74, 6) is 0.251. The van der Waals surface area contributed by atoms with Crippen molar-refractivity contribution in [3.63, 3.8) is 0 Å². The van der Waals surface area contributed by atoms with Crippen molar-refractivity contribution in [2.75, 3.05) is 0 Å². The number of phenols is 1. The van der Waals surface area contributed by atoms with Gasteiger partial charge in [0.05, 0.1) is 12.1 Å². The molecule has 4 rings (SSSR count). The SMILES string of the molecule is C[C@@H]1CCC[C@H](C)[NH+]1Cc1cc2c3c(c(=O)oc2cc1O)CCC3. The number of rotatable bonds is 2. The summed E-state index contributed by atoms with van der Waals surface area (Å²) in [4.78, 5) is 13.6. The molecule has 1 aromatic heterocycles. The predicted molar refractivity (Wildman–Crippen MR) is 93.6 cm³/mol. The first-order valence-corrected chi connectivity index (χ1v) is 9.20. The molecular formula is C20H26NO3+. The quantitative estimate of drug-likeness (QED) is 0.832. The van der Waals surface area contributed by atoms with E-state index in [4.69, 9.17) is 4.42 Å². The molecule has 1 fully saturated rings. The van der Waals surface area contributed by atoms with Gasteiger partial charge in [-0.05, 0) is 64.0 Å². The average molecular weight is 328 g/mol. The highest BCUT2D eigenvalue weighted by molar-refractivity contribution is 5.84. The van der Waals surface area contributed by atoms with E-state index in [1.54, 1.807) is 11.0 Å². The number of aryl methyl sites for hydroxylation is 1. The van der Waals surface area contributed by atoms with E-state index in [1.807, 2.05) is 0 Å². The van der Waals surface area contributed by atoms with Crippen LogP contribution in [0, 0.1) is 0 Å². The van der Waals surface area contributed by atoms with E-state index in [1.165, 1.54) is 19.3 Å². The molecule has 0 saturated carbocycles. The highest BCUT2D eigenvalue weighted by atomic mass is 16.4. The average Bonchev–Trinajstić information content (AvgIpc) is 3.02. The van der Waals surface area contributed by atoms with E-state index in [0.717, 1.165) is 47.9 Å². The van der Waals surface area contributed by atoms with Crippen molar-refractivity contribution in [3.8, 4) is 5.75 Å². The second-order valence-electron chi connectivity index (χ2n) is 7.66. The minimum absolute atomic E-state index is 0.231. The fourth-order valence-electron chi connectivity index (χ4n) is 4.66. The summed E-state index contributed by atoms with van der Waals surface area (Å²) in [6.07, 6.45) is 6.56. The summed E-state index contributed by atoms with van der Waals surface area (Å²) >= 11 is 0. The molecule has 0 amide bonds. The van der Waals surface area contributed by atoms with Crippen LogP contribution in [0.2, 0.25) is 0 Å². The van der Waals surface area contributed by atoms with E-state index >= 15 is 0 Å². The highest BCUT2D eigenvalue weighted by Crippen LogP contribution is 2.31. The van der Waals surface area contributed by atoms with E-state index in [-0.39, 0.29) is 11.4 Å². The van der Waals surface area contributed by atoms with E-state index in [2.05, 4.69) is 19.9 Å². The van der Waals surface area contributed by atoms with E-state index in [0.29, 0.717) is 17.7 Å². The molecule has 2 N–H and O–H groups in total. The molecule has 0 spiro atoms. The molecule has 1 unspecified atom stereocenters. The molecular weight excluding hydrogens is 302 g/mol. The Morgan fingerprint density at radius 2 is 1.83 bits per heavy atom. The normalized spacial score (nSPS) is 26.7. The summed E-state index contributed by atoms with van der Waals surface area (Å²) < 4.78 is 5.45. The number of quaternary nitrogens is 1. The van der Waals surface area contributed by atoms with Crippen LogP contribution in [0.4, 0.5) is 0 Å². The number of aromatic hydroxyl groups is 1. The van der Waals surface area contributed by atoms with Crippen LogP contribution in [0.25, 0.3) is 11.0 Å². The molecule has 0 bridgehead atoms. The first kappa shape index (κ1) is 15.7. The lowest BCUT2D eigenvalue weighted by atomic mass is 9.96. The molecule has 4 nitrogen and oxygen atoms in total. The van der Waals surface area contributed by atoms with Gasteiger partial charge in [-0.2, -0.15) is 0 Å². The number of nitrogens with one attached hydrogen (secondary N) is 1. The molecule has 2 heterocycles. The summed E-state index contributed by atoms with van der Waals surface area (Å²) in [6.45, 7) is 5.44. The molecule has 2 aromatic rings. The Labute approximate surface area is 142 Å². The molecule has 1 aliphatic carbocycles. The number of hydrogen-bond donors (Lipinski definition) is 2. The molecule has 1 aromatic carbocycles. The number of likely N-dealkylation sites (tertiary alicyclic amines) is 1. The smallest absolute Gasteiger partial charge is 0.339 e. The lowest BCUT2D eigenvalue weighted by Crippen LogP contribution is -3.18. The van der Waals surface area contributed by atoms with Gasteiger partial charge in [0.2, 0.25) is 0 Å². The zero-order chi connectivity index (χ0) is 16.8. The Hall–Kier alpha value is -1.81. The predicted octanol–water partition coefficient (Wildman–Crippen LogP) is 2.33. The van der Waals surface area contributed by atoms with Crippen LogP contribution in [-0.4, -0.2) is 17.2 Å². The summed E-state index contributed by atoms with van der Waals surface area (Å²) in [5.41, 5.74) is 3.24. The van der Waals surface area contributed by atoms with Crippen LogP contribution >= 0.6 is 0 Å². The van der Waals surface area contributed by atoms with Crippen molar-refractivity contribution in [1.29, 1.82) is 0 Å². The Balaban J connectivity index is 1.77. The van der Waals surface area contributed by atoms with Gasteiger partial charge in [0, 0.05) is 22.6 Å². The number of benzene rings is 1. The third-order valence-electron chi connectivity index (χ3n) is 6.11. The van der Waals surface area contributed by atoms with E-state index < -0.39 is 0 Å². The largest absolute Gasteiger partial charge is 0.507 e. The Kier molecular flexibility index (Phi) is 3.87. The van der Waals surface area contributed by atoms with Gasteiger partial charge in [0.1, 0.15) is 17.9 Å². The zero-order valence-corrected chi connectivity index (χ0v) is 14.5. The molecule has 3 atom stereocenters. The van der Waals surface area contributed by atoms with Crippen LogP contribution in [0.3, 0.4) is 0 Å². The van der Waals surface area contributed by atoms with Crippen molar-refractivity contribution >= 4 is 11.0 Å². The molecule has 4 heteroatoms. The van der Waals surface area contributed by atoms with Gasteiger partial charge < -0.3 is 14.4 Å². The fraction of sp³-hybridized carbons (Fsp3) is 0.550. The van der Waals surface area contributed by atoms with Crippen LogP contribution in [-0.2, 0) is 19.4 Å². The first-order chi connectivity index (χ1) is 11.5. The van der Waals surface area contributed by atoms with Crippen molar-refractivity contribution in [1.82, 2.24) is 0 Å². The maximum absolute atomic E-state index is 12.1. The lowest BCUT2D eigenvalue weighted by molar-refractivity contribution is -0.964. The number of piperidine rings is 1. The van der Waals surface area contributed by atoms with E-state index in [9.17, 15) is 9.90 Å². The Morgan fingerprint density at radius 3 is 2.58 bits per heavy atom. The van der Waals surface area contributed by atoms with Crippen LogP contribution in [0.5, 0.6) is 5.75 Å². The second kappa shape index (κ2) is 5.92. The van der Waals surface area contributed by atoms with Crippen LogP contribution < -0.4 is 10.5 Å². The third kappa shape index (κ3) is 2.53. The van der Waals surface area contributed by atoms with Gasteiger partial charge in [-0.3, -0.25) is 0 Å². The molecule has 24 heavy (non-hydrogen) atoms. The molecule has 128 valence electrons. The monoisotopic (exact) mass is 328 g/mol. The summed E-state index contributed by atoms with van der Waals surface area (Å²) in [6, 6.07) is 4.94. The van der Waals surface area contributed by atoms with Crippen LogP contribution in [0.15, 0.2) is 21.3 Å². The minimum atomic E-state index is -0.231. The van der Waals surface area contributed by atoms with Gasteiger partial charge in [0.15, 0.2) is 0 Å². The Morgan fingerprint density at radius 1 is 1.12 bits per heavy atom. The number of phenolic OH excluding ortho intramolecular Hbond substituents is 1. The lowest BCUT2D eigenvalue weighted by Gasteiger charge is -2.36. The molecule has 1 saturated heterocycles. The van der Waals surface area contributed by atoms with Crippen molar-refractivity contribution < 1.29 is 14.4 Å². The molecule has 0 radical (unpaired) electrons. The minimum Gasteiger partial charge on any atom is -0.507 e. The van der Waals surface area contributed by atoms with Crippen molar-refractivity contribution in [3.05, 3.63) is 39.2 Å². The van der Waals surface area contributed by atoms with Crippen LogP contribution in [0.1, 0.15) is 56.2 Å². The first-order valence-electron chi connectivity index (χ1n) is 9.20. The van der Waals surface area contributed by atoms with Crippen molar-refractivity contribution in [2.45, 2.75) is 71.0 Å². The third-order valence-corrected chi connectivity index (χ3v) is 6.11. The van der Waals surface area contributed by atoms with Gasteiger partial charge in [-0.15, -0.1) is 0 Å². The summed E-state index contributed by atoms with van der Waals surface area (Å²) in [5, 5.41) is 11.5. The standard InChI is InChI=1S/C20H25NO3/c1-12-5-3-6-13(2)21(12)11-14-9-17-15-7-4-8-16(15)20(23)24-19(17)10-18(14)22/h9-10,12-13,22H,3-8,11H2,1-2H3/p+1/t12-,13+. The van der Waals surface area contributed by atoms with Crippen molar-refractivity contribution in [2.24, 2.45) is 0 Å². The number of hydrogen-bond acceptors (Lipinski definition) is 3. The van der Waals surface area contributed by atoms with Gasteiger partial charge in [-0.1, -0.05) is 0 Å². The van der Waals surface area contributed by atoms with Gasteiger partial charge in [0.25, 0.3) is 0 Å². The maximum Gasteiger partial charge on any atom is 0.339 e. The van der Waals surface area contributed by atoms with Gasteiger partial charge in [-0.25, -0.2) is 4.79 Å². The second-order valence-corrected chi connectivity index (χ2v) is 7.66. The highest BCUT2D eigenvalue weighted by Gasteiger charge is 2.29. The number of fused-ring (bicyclic) bond motifs is 3. The topological polar surface area (TPSA) is 54.9 Å². The fourth-order valence-corrected chi connectivity index (χ4v) is 4.66.